The van der Waals surface area contributed by atoms with Crippen LogP contribution in [0.25, 0.3) is 11.0 Å². The smallest absolute Gasteiger partial charge is 0.194 e. The molecule has 10 heteroatoms. The van der Waals surface area contributed by atoms with Gasteiger partial charge in [-0.05, 0) is 39.8 Å². The van der Waals surface area contributed by atoms with Crippen molar-refractivity contribution >= 4 is 28.4 Å². The van der Waals surface area contributed by atoms with Crippen LogP contribution >= 0.6 is 0 Å². The van der Waals surface area contributed by atoms with E-state index in [9.17, 15) is 24.6 Å². The van der Waals surface area contributed by atoms with Crippen molar-refractivity contribution in [1.29, 1.82) is 0 Å². The average molecular weight is 532 g/mol. The summed E-state index contributed by atoms with van der Waals surface area (Å²) in [5.41, 5.74) is 0.386. The summed E-state index contributed by atoms with van der Waals surface area (Å²) in [5.74, 6) is -1.86. The number of nitrogens with zero attached hydrogens (tertiary/aromatic N) is 2. The zero-order valence-corrected chi connectivity index (χ0v) is 22.3. The maximum atomic E-state index is 14.0. The molecule has 0 amide bonds. The second-order valence-corrected chi connectivity index (χ2v) is 9.90. The van der Waals surface area contributed by atoms with Crippen LogP contribution in [0.3, 0.4) is 0 Å². The Morgan fingerprint density at radius 1 is 1.18 bits per heavy atom. The fourth-order valence-electron chi connectivity index (χ4n) is 5.35. The molecule has 0 unspecified atom stereocenters. The van der Waals surface area contributed by atoms with Gasteiger partial charge >= 0.3 is 0 Å². The maximum absolute atomic E-state index is 14.0. The number of allylic oxidation sites excluding steroid dienone is 4. The number of para-hydroxylation sites is 2. The van der Waals surface area contributed by atoms with Crippen molar-refractivity contribution in [2.75, 3.05) is 13.7 Å². The Morgan fingerprint density at radius 2 is 1.90 bits per heavy atom. The zero-order valence-electron chi connectivity index (χ0n) is 22.3. The topological polar surface area (TPSA) is 140 Å². The summed E-state index contributed by atoms with van der Waals surface area (Å²) in [4.78, 5) is 44.3. The summed E-state index contributed by atoms with van der Waals surface area (Å²) in [6.45, 7) is 7.16. The molecule has 0 bridgehead atoms. The molecule has 39 heavy (non-hydrogen) atoms. The number of Topliss-reactive ketones (excluding diaryl/α,β-unsaturated/α-hetero) is 2. The molecule has 2 heterocycles. The number of ether oxygens (including phenoxy) is 2. The number of hydrogen-bond donors (Lipinski definition) is 3. The lowest BCUT2D eigenvalue weighted by Crippen LogP contribution is -2.41. The van der Waals surface area contributed by atoms with Crippen LogP contribution in [0.4, 0.5) is 0 Å². The predicted octanol–water partition coefficient (Wildman–Crippen LogP) is 3.35. The SMILES string of the molecule is COCCn1c(CN/C(C)=C2\C(=O)C=C3Oc4c(C(C)=O)c(O)c(C)c(O)c4[C@@]3(C)C2=O)nc2ccccc21. The Bertz CT molecular complexity index is 1650. The summed E-state index contributed by atoms with van der Waals surface area (Å²) >= 11 is 0. The molecule has 3 aromatic rings. The Hall–Kier alpha value is -4.44. The first kappa shape index (κ1) is 26.2. The number of hydrogen-bond acceptors (Lipinski definition) is 9. The third-order valence-corrected chi connectivity index (χ3v) is 7.52. The van der Waals surface area contributed by atoms with Gasteiger partial charge in [-0.3, -0.25) is 14.4 Å². The second kappa shape index (κ2) is 9.39. The third kappa shape index (κ3) is 3.82. The largest absolute Gasteiger partial charge is 0.507 e. The van der Waals surface area contributed by atoms with E-state index in [0.717, 1.165) is 11.0 Å². The van der Waals surface area contributed by atoms with Crippen molar-refractivity contribution in [3.05, 3.63) is 69.9 Å². The van der Waals surface area contributed by atoms with E-state index >= 15 is 0 Å². The third-order valence-electron chi connectivity index (χ3n) is 7.52. The number of nitrogens with one attached hydrogen (secondary N) is 1. The molecule has 0 radical (unpaired) electrons. The first-order chi connectivity index (χ1) is 18.5. The lowest BCUT2D eigenvalue weighted by Gasteiger charge is -2.29. The minimum atomic E-state index is -1.57. The molecular weight excluding hydrogens is 502 g/mol. The first-order valence-corrected chi connectivity index (χ1v) is 12.5. The summed E-state index contributed by atoms with van der Waals surface area (Å²) in [7, 11) is 1.62. The van der Waals surface area contributed by atoms with Crippen LogP contribution in [0.15, 0.2) is 47.4 Å². The zero-order chi connectivity index (χ0) is 28.2. The molecule has 5 rings (SSSR count). The van der Waals surface area contributed by atoms with Gasteiger partial charge < -0.3 is 29.6 Å². The fraction of sp³-hybridized carbons (Fsp3) is 0.310. The number of fused-ring (bicyclic) bond motifs is 4. The number of imidazole rings is 1. The molecule has 2 aromatic carbocycles. The highest BCUT2D eigenvalue weighted by Gasteiger charge is 2.56. The monoisotopic (exact) mass is 531 g/mol. The molecule has 1 aliphatic heterocycles. The molecule has 0 saturated carbocycles. The lowest BCUT2D eigenvalue weighted by atomic mass is 9.70. The van der Waals surface area contributed by atoms with Crippen molar-refractivity contribution in [3.8, 4) is 17.2 Å². The van der Waals surface area contributed by atoms with Gasteiger partial charge in [0.1, 0.15) is 39.8 Å². The number of phenols is 2. The van der Waals surface area contributed by atoms with E-state index in [0.29, 0.717) is 24.7 Å². The highest BCUT2D eigenvalue weighted by molar-refractivity contribution is 6.31. The Morgan fingerprint density at radius 3 is 2.59 bits per heavy atom. The standard InChI is InChI=1S/C29H29N3O7/c1-14-25(35)23(16(3)33)27-24(26(14)36)29(4)20(39-27)12-19(34)22(28(29)37)15(2)30-13-21-31-17-8-6-7-9-18(17)32(21)10-11-38-5/h6-9,12,30,35-36H,10-11,13H2,1-5H3/b22-15+/t29-/m0/s1. The van der Waals surface area contributed by atoms with Crippen LogP contribution in [-0.2, 0) is 32.8 Å². The number of carbonyl (C=O) groups is 3. The number of aromatic hydroxyl groups is 2. The minimum Gasteiger partial charge on any atom is -0.507 e. The number of benzene rings is 2. The molecule has 1 atom stereocenters. The van der Waals surface area contributed by atoms with Gasteiger partial charge in [0.15, 0.2) is 17.3 Å². The number of rotatable bonds is 7. The summed E-state index contributed by atoms with van der Waals surface area (Å²) < 4.78 is 13.1. The van der Waals surface area contributed by atoms with Crippen molar-refractivity contribution in [3.63, 3.8) is 0 Å². The van der Waals surface area contributed by atoms with E-state index in [1.807, 2.05) is 28.8 Å². The fourth-order valence-corrected chi connectivity index (χ4v) is 5.35. The Labute approximate surface area is 224 Å². The molecule has 2 aliphatic rings. The van der Waals surface area contributed by atoms with Gasteiger partial charge in [-0.25, -0.2) is 4.98 Å². The van der Waals surface area contributed by atoms with Crippen molar-refractivity contribution in [2.45, 2.75) is 46.2 Å². The second-order valence-electron chi connectivity index (χ2n) is 9.90. The highest BCUT2D eigenvalue weighted by atomic mass is 16.5. The van der Waals surface area contributed by atoms with Crippen LogP contribution in [0.2, 0.25) is 0 Å². The molecule has 10 nitrogen and oxygen atoms in total. The lowest BCUT2D eigenvalue weighted by molar-refractivity contribution is -0.123. The number of carbonyl (C=O) groups excluding carboxylic acids is 3. The number of ketones is 3. The minimum absolute atomic E-state index is 0.00629. The van der Waals surface area contributed by atoms with Crippen LogP contribution in [0, 0.1) is 6.92 Å². The van der Waals surface area contributed by atoms with E-state index in [4.69, 9.17) is 14.5 Å². The molecule has 0 saturated heterocycles. The molecular formula is C29H29N3O7. The maximum Gasteiger partial charge on any atom is 0.194 e. The summed E-state index contributed by atoms with van der Waals surface area (Å²) in [6, 6.07) is 7.71. The van der Waals surface area contributed by atoms with Crippen molar-refractivity contribution in [2.24, 2.45) is 0 Å². The molecule has 0 fully saturated rings. The van der Waals surface area contributed by atoms with Crippen molar-refractivity contribution < 1.29 is 34.1 Å². The van der Waals surface area contributed by atoms with Crippen LogP contribution < -0.4 is 10.1 Å². The van der Waals surface area contributed by atoms with Gasteiger partial charge in [-0.15, -0.1) is 0 Å². The quantitative estimate of drug-likeness (QED) is 0.238. The number of phenolic OH excluding ortho intramolecular Hbond substituents is 2. The van der Waals surface area contributed by atoms with Crippen LogP contribution in [0.1, 0.15) is 48.1 Å². The number of aromatic nitrogens is 2. The normalized spacial score (nSPS) is 19.5. The van der Waals surface area contributed by atoms with Gasteiger partial charge in [0, 0.05) is 31.0 Å². The first-order valence-electron chi connectivity index (χ1n) is 12.5. The molecule has 3 N–H and O–H groups in total. The van der Waals surface area contributed by atoms with E-state index in [1.165, 1.54) is 26.8 Å². The summed E-state index contributed by atoms with van der Waals surface area (Å²) in [5, 5.41) is 24.7. The van der Waals surface area contributed by atoms with E-state index < -0.39 is 28.5 Å². The van der Waals surface area contributed by atoms with Crippen LogP contribution in [0.5, 0.6) is 17.2 Å². The number of methoxy groups -OCH3 is 1. The van der Waals surface area contributed by atoms with Gasteiger partial charge in [0.25, 0.3) is 0 Å². The molecule has 1 aromatic heterocycles. The Balaban J connectivity index is 1.55. The molecule has 0 spiro atoms. The van der Waals surface area contributed by atoms with E-state index in [-0.39, 0.29) is 46.1 Å². The van der Waals surface area contributed by atoms with Crippen LogP contribution in [-0.4, -0.2) is 50.8 Å². The molecule has 202 valence electrons. The van der Waals surface area contributed by atoms with E-state index in [1.54, 1.807) is 14.0 Å². The van der Waals surface area contributed by atoms with Gasteiger partial charge in [-0.2, -0.15) is 0 Å². The van der Waals surface area contributed by atoms with Crippen molar-refractivity contribution in [1.82, 2.24) is 14.9 Å². The average Bonchev–Trinajstić information content (AvgIpc) is 3.39. The summed E-state index contributed by atoms with van der Waals surface area (Å²) in [6.07, 6.45) is 1.20. The predicted molar refractivity (Wildman–Crippen MR) is 142 cm³/mol. The van der Waals surface area contributed by atoms with Gasteiger partial charge in [0.05, 0.1) is 35.3 Å². The van der Waals surface area contributed by atoms with Gasteiger partial charge in [0.2, 0.25) is 0 Å². The Kier molecular flexibility index (Phi) is 6.30. The highest BCUT2D eigenvalue weighted by Crippen LogP contribution is 2.57. The van der Waals surface area contributed by atoms with E-state index in [2.05, 4.69) is 5.32 Å². The van der Waals surface area contributed by atoms with Gasteiger partial charge in [-0.1, -0.05) is 12.1 Å². The molecule has 1 aliphatic carbocycles.